The van der Waals surface area contributed by atoms with Gasteiger partial charge in [0.25, 0.3) is 0 Å². The molecule has 106 valence electrons. The normalized spacial score (nSPS) is 11.4. The molecule has 0 saturated heterocycles. The maximum Gasteiger partial charge on any atom is 0.339 e. The lowest BCUT2D eigenvalue weighted by atomic mass is 10.3. The molecule has 0 atom stereocenters. The Morgan fingerprint density at radius 3 is 1.95 bits per heavy atom. The van der Waals surface area contributed by atoms with Crippen molar-refractivity contribution in [3.63, 3.8) is 0 Å². The predicted octanol–water partition coefficient (Wildman–Crippen LogP) is 5.07. The lowest BCUT2D eigenvalue weighted by molar-refractivity contribution is 0.486. The van der Waals surface area contributed by atoms with Crippen LogP contribution in [0.1, 0.15) is 0 Å². The minimum Gasteiger partial charge on any atom is -0.379 e. The predicted molar refractivity (Wildman–Crippen MR) is 80.7 cm³/mol. The number of benzene rings is 2. The van der Waals surface area contributed by atoms with E-state index in [4.69, 9.17) is 50.6 Å². The van der Waals surface area contributed by atoms with Gasteiger partial charge in [0.15, 0.2) is 0 Å². The Morgan fingerprint density at radius 2 is 1.40 bits per heavy atom. The summed E-state index contributed by atoms with van der Waals surface area (Å²) in [6.07, 6.45) is 0. The van der Waals surface area contributed by atoms with Crippen molar-refractivity contribution in [1.82, 2.24) is 0 Å². The highest BCUT2D eigenvalue weighted by Gasteiger charge is 2.18. The third-order valence-corrected chi connectivity index (χ3v) is 4.64. The van der Waals surface area contributed by atoms with Gasteiger partial charge >= 0.3 is 10.1 Å². The second-order valence-electron chi connectivity index (χ2n) is 3.72. The molecule has 0 radical (unpaired) electrons. The van der Waals surface area contributed by atoms with Gasteiger partial charge in [0, 0.05) is 22.2 Å². The fraction of sp³-hybridized carbons (Fsp3) is 0. The van der Waals surface area contributed by atoms with Gasteiger partial charge in [0.05, 0.1) is 10.0 Å². The molecule has 0 aromatic heterocycles. The lowest BCUT2D eigenvalue weighted by Gasteiger charge is -2.08. The van der Waals surface area contributed by atoms with E-state index >= 15 is 0 Å². The van der Waals surface area contributed by atoms with E-state index in [2.05, 4.69) is 0 Å². The van der Waals surface area contributed by atoms with E-state index in [1.165, 1.54) is 36.4 Å². The van der Waals surface area contributed by atoms with E-state index in [1.807, 2.05) is 0 Å². The van der Waals surface area contributed by atoms with Crippen LogP contribution in [-0.2, 0) is 10.1 Å². The molecule has 0 unspecified atom stereocenters. The molecule has 0 saturated carbocycles. The molecule has 2 rings (SSSR count). The van der Waals surface area contributed by atoms with E-state index in [0.717, 1.165) is 0 Å². The molecular weight excluding hydrogens is 366 g/mol. The Balaban J connectivity index is 2.37. The Morgan fingerprint density at radius 1 is 0.800 bits per heavy atom. The Bertz CT molecular complexity index is 739. The van der Waals surface area contributed by atoms with Crippen LogP contribution in [0.2, 0.25) is 20.1 Å². The summed E-state index contributed by atoms with van der Waals surface area (Å²) in [6, 6.07) is 7.99. The summed E-state index contributed by atoms with van der Waals surface area (Å²) in [6.45, 7) is 0. The van der Waals surface area contributed by atoms with Crippen molar-refractivity contribution in [2.75, 3.05) is 0 Å². The van der Waals surface area contributed by atoms with Gasteiger partial charge in [-0.3, -0.25) is 0 Å². The molecule has 0 N–H and O–H groups in total. The van der Waals surface area contributed by atoms with Crippen LogP contribution in [0.3, 0.4) is 0 Å². The lowest BCUT2D eigenvalue weighted by Crippen LogP contribution is -2.09. The minimum absolute atomic E-state index is 0.00794. The Hall–Kier alpha value is -0.650. The van der Waals surface area contributed by atoms with Crippen molar-refractivity contribution >= 4 is 56.5 Å². The first-order valence-electron chi connectivity index (χ1n) is 5.13. The first-order valence-corrected chi connectivity index (χ1v) is 8.05. The molecule has 20 heavy (non-hydrogen) atoms. The molecule has 0 amide bonds. The van der Waals surface area contributed by atoms with Gasteiger partial charge in [-0.05, 0) is 24.3 Å². The van der Waals surface area contributed by atoms with Crippen molar-refractivity contribution in [3.8, 4) is 5.75 Å². The van der Waals surface area contributed by atoms with Crippen LogP contribution in [-0.4, -0.2) is 8.42 Å². The smallest absolute Gasteiger partial charge is 0.339 e. The number of rotatable bonds is 3. The summed E-state index contributed by atoms with van der Waals surface area (Å²) in [5, 5.41) is 0.880. The maximum absolute atomic E-state index is 12.1. The zero-order chi connectivity index (χ0) is 14.9. The van der Waals surface area contributed by atoms with Crippen molar-refractivity contribution < 1.29 is 12.6 Å². The summed E-state index contributed by atoms with van der Waals surface area (Å²) < 4.78 is 29.1. The molecule has 0 spiro atoms. The van der Waals surface area contributed by atoms with Crippen molar-refractivity contribution in [1.29, 1.82) is 0 Å². The second-order valence-corrected chi connectivity index (χ2v) is 6.95. The van der Waals surface area contributed by atoms with Crippen LogP contribution in [0.25, 0.3) is 0 Å². The van der Waals surface area contributed by atoms with Gasteiger partial charge < -0.3 is 4.18 Å². The standard InChI is InChI=1S/C12H6Cl4O3S/c13-7-3-8(14)5-9(4-7)19-20(17,18)10-1-2-11(15)12(16)6-10/h1-6H. The van der Waals surface area contributed by atoms with Crippen molar-refractivity contribution in [2.24, 2.45) is 0 Å². The molecule has 0 heterocycles. The SMILES string of the molecule is O=S(=O)(Oc1cc(Cl)cc(Cl)c1)c1ccc(Cl)c(Cl)c1. The first kappa shape index (κ1) is 15.7. The number of halogens is 4. The summed E-state index contributed by atoms with van der Waals surface area (Å²) in [5.41, 5.74) is 0. The molecule has 0 aliphatic heterocycles. The zero-order valence-corrected chi connectivity index (χ0v) is 13.4. The summed E-state index contributed by atoms with van der Waals surface area (Å²) in [7, 11) is -4.05. The molecule has 0 aliphatic rings. The van der Waals surface area contributed by atoms with Gasteiger partial charge in [-0.2, -0.15) is 8.42 Å². The van der Waals surface area contributed by atoms with Gasteiger partial charge in [-0.25, -0.2) is 0 Å². The molecule has 3 nitrogen and oxygen atoms in total. The first-order chi connectivity index (χ1) is 9.28. The Kier molecular flexibility index (Phi) is 4.72. The third kappa shape index (κ3) is 3.71. The fourth-order valence-electron chi connectivity index (χ4n) is 1.38. The highest BCUT2D eigenvalue weighted by atomic mass is 35.5. The highest BCUT2D eigenvalue weighted by Crippen LogP contribution is 2.29. The van der Waals surface area contributed by atoms with Crippen LogP contribution in [0, 0.1) is 0 Å². The molecule has 2 aromatic rings. The Labute approximate surface area is 136 Å². The van der Waals surface area contributed by atoms with Crippen LogP contribution in [0.15, 0.2) is 41.3 Å². The van der Waals surface area contributed by atoms with Crippen LogP contribution >= 0.6 is 46.4 Å². The van der Waals surface area contributed by atoms with E-state index in [1.54, 1.807) is 0 Å². The summed E-state index contributed by atoms with van der Waals surface area (Å²) in [4.78, 5) is -0.122. The average molecular weight is 372 g/mol. The van der Waals surface area contributed by atoms with Crippen LogP contribution < -0.4 is 4.18 Å². The fourth-order valence-corrected chi connectivity index (χ4v) is 3.20. The van der Waals surface area contributed by atoms with Gasteiger partial charge in [0.2, 0.25) is 0 Å². The number of hydrogen-bond donors (Lipinski definition) is 0. The minimum atomic E-state index is -4.05. The quantitative estimate of drug-likeness (QED) is 0.707. The molecule has 0 fully saturated rings. The van der Waals surface area contributed by atoms with Crippen LogP contribution in [0.5, 0.6) is 5.75 Å². The van der Waals surface area contributed by atoms with Gasteiger partial charge in [0.1, 0.15) is 10.6 Å². The molecule has 2 aromatic carbocycles. The maximum atomic E-state index is 12.1. The summed E-state index contributed by atoms with van der Waals surface area (Å²) in [5.74, 6) is 0.00794. The monoisotopic (exact) mass is 370 g/mol. The van der Waals surface area contributed by atoms with Gasteiger partial charge in [-0.1, -0.05) is 46.4 Å². The van der Waals surface area contributed by atoms with Crippen molar-refractivity contribution in [2.45, 2.75) is 4.90 Å². The summed E-state index contributed by atoms with van der Waals surface area (Å²) >= 11 is 23.1. The van der Waals surface area contributed by atoms with E-state index in [9.17, 15) is 8.42 Å². The molecule has 8 heteroatoms. The van der Waals surface area contributed by atoms with Crippen molar-refractivity contribution in [3.05, 3.63) is 56.5 Å². The van der Waals surface area contributed by atoms with E-state index in [-0.39, 0.29) is 30.7 Å². The second kappa shape index (κ2) is 6.00. The third-order valence-electron chi connectivity index (χ3n) is 2.22. The number of hydrogen-bond acceptors (Lipinski definition) is 3. The molecule has 0 aliphatic carbocycles. The topological polar surface area (TPSA) is 43.4 Å². The van der Waals surface area contributed by atoms with Gasteiger partial charge in [-0.15, -0.1) is 0 Å². The average Bonchev–Trinajstić information content (AvgIpc) is 2.30. The zero-order valence-electron chi connectivity index (χ0n) is 9.61. The highest BCUT2D eigenvalue weighted by molar-refractivity contribution is 7.87. The van der Waals surface area contributed by atoms with E-state index < -0.39 is 10.1 Å². The largest absolute Gasteiger partial charge is 0.379 e. The molecular formula is C12H6Cl4O3S. The molecule has 0 bridgehead atoms. The van der Waals surface area contributed by atoms with Crippen LogP contribution in [0.4, 0.5) is 0 Å². The van der Waals surface area contributed by atoms with E-state index in [0.29, 0.717) is 0 Å².